The average Bonchev–Trinajstić information content (AvgIpc) is 2.90. The molecule has 8 nitrogen and oxygen atoms in total. The van der Waals surface area contributed by atoms with Gasteiger partial charge in [-0.2, -0.15) is 0 Å². The van der Waals surface area contributed by atoms with Crippen LogP contribution in [0.4, 0.5) is 0 Å². The van der Waals surface area contributed by atoms with Crippen LogP contribution in [0.1, 0.15) is 56.8 Å². The Kier molecular flexibility index (Phi) is 6.27. The number of benzene rings is 2. The second-order valence-corrected chi connectivity index (χ2v) is 8.94. The van der Waals surface area contributed by atoms with Crippen molar-refractivity contribution < 1.29 is 19.2 Å². The zero-order valence-corrected chi connectivity index (χ0v) is 19.3. The van der Waals surface area contributed by atoms with Crippen LogP contribution in [0.3, 0.4) is 0 Å². The van der Waals surface area contributed by atoms with Crippen LogP contribution in [0.25, 0.3) is 10.8 Å². The van der Waals surface area contributed by atoms with Gasteiger partial charge >= 0.3 is 0 Å². The summed E-state index contributed by atoms with van der Waals surface area (Å²) in [4.78, 5) is 58.1. The molecule has 178 valence electrons. The molecule has 5 rings (SSSR count). The van der Waals surface area contributed by atoms with Crippen molar-refractivity contribution in [2.45, 2.75) is 31.7 Å². The Hall–Kier alpha value is -4.07. The minimum atomic E-state index is -0.308. The van der Waals surface area contributed by atoms with Gasteiger partial charge < -0.3 is 10.2 Å². The zero-order valence-electron chi connectivity index (χ0n) is 19.3. The molecule has 1 fully saturated rings. The molecule has 0 unspecified atom stereocenters. The molecular weight excluding hydrogens is 444 g/mol. The largest absolute Gasteiger partial charge is 0.349 e. The van der Waals surface area contributed by atoms with Crippen molar-refractivity contribution in [3.63, 3.8) is 0 Å². The molecule has 0 bridgehead atoms. The highest BCUT2D eigenvalue weighted by Crippen LogP contribution is 2.30. The average molecular weight is 471 g/mol. The molecule has 8 heteroatoms. The number of nitrogens with one attached hydrogen (secondary N) is 1. The molecule has 1 aromatic heterocycles. The number of likely N-dealkylation sites (tertiary alicyclic amines) is 1. The lowest BCUT2D eigenvalue weighted by Crippen LogP contribution is -2.46. The van der Waals surface area contributed by atoms with Gasteiger partial charge in [-0.15, -0.1) is 0 Å². The van der Waals surface area contributed by atoms with Crippen LogP contribution in [-0.4, -0.2) is 64.1 Å². The van der Waals surface area contributed by atoms with Crippen molar-refractivity contribution in [2.75, 3.05) is 19.6 Å². The lowest BCUT2D eigenvalue weighted by molar-refractivity contribution is -0.132. The predicted molar refractivity (Wildman–Crippen MR) is 130 cm³/mol. The van der Waals surface area contributed by atoms with E-state index in [2.05, 4.69) is 10.3 Å². The normalized spacial score (nSPS) is 16.0. The summed E-state index contributed by atoms with van der Waals surface area (Å²) in [5.74, 6) is -0.772. The van der Waals surface area contributed by atoms with Crippen molar-refractivity contribution in [3.05, 3.63) is 77.6 Å². The third-order valence-electron chi connectivity index (χ3n) is 6.73. The maximum absolute atomic E-state index is 13.0. The van der Waals surface area contributed by atoms with Crippen LogP contribution in [0.5, 0.6) is 0 Å². The van der Waals surface area contributed by atoms with E-state index < -0.39 is 0 Å². The summed E-state index contributed by atoms with van der Waals surface area (Å²) in [6.07, 6.45) is 5.19. The number of imide groups is 1. The van der Waals surface area contributed by atoms with Gasteiger partial charge in [0.15, 0.2) is 0 Å². The van der Waals surface area contributed by atoms with E-state index in [-0.39, 0.29) is 42.6 Å². The topological polar surface area (TPSA) is 99.7 Å². The van der Waals surface area contributed by atoms with Gasteiger partial charge in [0.05, 0.1) is 5.56 Å². The lowest BCUT2D eigenvalue weighted by Gasteiger charge is -2.33. The monoisotopic (exact) mass is 470 g/mol. The molecular formula is C27H26N4O4. The van der Waals surface area contributed by atoms with E-state index in [1.54, 1.807) is 35.4 Å². The maximum atomic E-state index is 13.0. The highest BCUT2D eigenvalue weighted by atomic mass is 16.2. The number of pyridine rings is 1. The third-order valence-corrected chi connectivity index (χ3v) is 6.73. The maximum Gasteiger partial charge on any atom is 0.261 e. The summed E-state index contributed by atoms with van der Waals surface area (Å²) in [6.45, 7) is 1.33. The number of hydrogen-bond acceptors (Lipinski definition) is 5. The summed E-state index contributed by atoms with van der Waals surface area (Å²) < 4.78 is 0. The minimum absolute atomic E-state index is 0.00134. The van der Waals surface area contributed by atoms with E-state index in [9.17, 15) is 19.2 Å². The predicted octanol–water partition coefficient (Wildman–Crippen LogP) is 3.03. The van der Waals surface area contributed by atoms with Crippen LogP contribution in [0, 0.1) is 0 Å². The van der Waals surface area contributed by atoms with E-state index in [0.29, 0.717) is 54.4 Å². The van der Waals surface area contributed by atoms with E-state index in [4.69, 9.17) is 0 Å². The molecule has 35 heavy (non-hydrogen) atoms. The van der Waals surface area contributed by atoms with E-state index >= 15 is 0 Å². The van der Waals surface area contributed by atoms with Gasteiger partial charge in [-0.25, -0.2) is 0 Å². The van der Waals surface area contributed by atoms with Gasteiger partial charge in [-0.1, -0.05) is 24.3 Å². The first-order valence-electron chi connectivity index (χ1n) is 11.9. The molecule has 0 saturated carbocycles. The van der Waals surface area contributed by atoms with Crippen molar-refractivity contribution in [3.8, 4) is 0 Å². The Balaban J connectivity index is 1.12. The van der Waals surface area contributed by atoms with Gasteiger partial charge in [0.25, 0.3) is 17.7 Å². The van der Waals surface area contributed by atoms with Crippen LogP contribution in [0.2, 0.25) is 0 Å². The molecule has 1 N–H and O–H groups in total. The van der Waals surface area contributed by atoms with Gasteiger partial charge in [-0.05, 0) is 48.9 Å². The Morgan fingerprint density at radius 1 is 0.943 bits per heavy atom. The summed E-state index contributed by atoms with van der Waals surface area (Å²) in [5.41, 5.74) is 1.57. The van der Waals surface area contributed by atoms with Crippen molar-refractivity contribution >= 4 is 34.4 Å². The Morgan fingerprint density at radius 2 is 1.63 bits per heavy atom. The fourth-order valence-electron chi connectivity index (χ4n) is 4.87. The zero-order chi connectivity index (χ0) is 24.4. The quantitative estimate of drug-likeness (QED) is 0.559. The van der Waals surface area contributed by atoms with Gasteiger partial charge in [0.2, 0.25) is 5.91 Å². The number of amides is 4. The fraction of sp³-hybridized carbons (Fsp3) is 0.296. The second kappa shape index (κ2) is 9.66. The number of piperidine rings is 1. The molecule has 4 amide bonds. The number of rotatable bonds is 6. The fourth-order valence-corrected chi connectivity index (χ4v) is 4.87. The lowest BCUT2D eigenvalue weighted by atomic mass is 9.94. The highest BCUT2D eigenvalue weighted by molar-refractivity contribution is 6.25. The Bertz CT molecular complexity index is 1250. The van der Waals surface area contributed by atoms with Gasteiger partial charge in [-0.3, -0.25) is 29.1 Å². The molecule has 2 aromatic carbocycles. The molecule has 0 atom stereocenters. The first-order chi connectivity index (χ1) is 17.0. The molecule has 0 radical (unpaired) electrons. The molecule has 0 spiro atoms. The second-order valence-electron chi connectivity index (χ2n) is 8.94. The van der Waals surface area contributed by atoms with Crippen molar-refractivity contribution in [1.29, 1.82) is 0 Å². The van der Waals surface area contributed by atoms with Gasteiger partial charge in [0, 0.05) is 61.0 Å². The standard InChI is InChI=1S/C27H26N4O4/c32-23(30-15-11-20(12-16-30)29-25(33)19-7-3-13-28-17-19)10-4-14-31-26(34)21-8-1-5-18-6-2-9-22(24(18)21)27(31)35/h1-3,5-9,13,17,20H,4,10-12,14-16H2,(H,29,33). The van der Waals surface area contributed by atoms with Crippen molar-refractivity contribution in [2.24, 2.45) is 0 Å². The number of nitrogens with zero attached hydrogens (tertiary/aromatic N) is 3. The summed E-state index contributed by atoms with van der Waals surface area (Å²) >= 11 is 0. The molecule has 0 aliphatic carbocycles. The summed E-state index contributed by atoms with van der Waals surface area (Å²) in [6, 6.07) is 14.4. The molecule has 1 saturated heterocycles. The van der Waals surface area contributed by atoms with Gasteiger partial charge in [0.1, 0.15) is 0 Å². The van der Waals surface area contributed by atoms with Crippen LogP contribution < -0.4 is 5.32 Å². The van der Waals surface area contributed by atoms with Crippen LogP contribution in [0.15, 0.2) is 60.9 Å². The Labute approximate surface area is 202 Å². The Morgan fingerprint density at radius 3 is 2.26 bits per heavy atom. The minimum Gasteiger partial charge on any atom is -0.349 e. The number of hydrogen-bond donors (Lipinski definition) is 1. The van der Waals surface area contributed by atoms with E-state index in [0.717, 1.165) is 5.39 Å². The number of carbonyl (C=O) groups is 4. The van der Waals surface area contributed by atoms with Crippen molar-refractivity contribution in [1.82, 2.24) is 20.1 Å². The third kappa shape index (κ3) is 4.51. The van der Waals surface area contributed by atoms with Crippen LogP contribution >= 0.6 is 0 Å². The summed E-state index contributed by atoms with van der Waals surface area (Å²) in [7, 11) is 0. The van der Waals surface area contributed by atoms with E-state index in [1.807, 2.05) is 24.3 Å². The van der Waals surface area contributed by atoms with Crippen LogP contribution in [-0.2, 0) is 4.79 Å². The molecule has 2 aliphatic heterocycles. The highest BCUT2D eigenvalue weighted by Gasteiger charge is 2.32. The molecule has 3 heterocycles. The smallest absolute Gasteiger partial charge is 0.261 e. The molecule has 3 aromatic rings. The number of carbonyl (C=O) groups excluding carboxylic acids is 4. The molecule has 2 aliphatic rings. The summed E-state index contributed by atoms with van der Waals surface area (Å²) in [5, 5.41) is 4.58. The van der Waals surface area contributed by atoms with E-state index in [1.165, 1.54) is 11.1 Å². The number of aromatic nitrogens is 1. The first-order valence-corrected chi connectivity index (χ1v) is 11.9. The SMILES string of the molecule is O=C(NC1CCN(C(=O)CCCN2C(=O)c3cccc4cccc(c34)C2=O)CC1)c1cccnc1. The first kappa shape index (κ1) is 22.7.